The van der Waals surface area contributed by atoms with Gasteiger partial charge >= 0.3 is 0 Å². The summed E-state index contributed by atoms with van der Waals surface area (Å²) in [5.74, 6) is 1.75. The van der Waals surface area contributed by atoms with Crippen LogP contribution in [0.5, 0.6) is 11.5 Å². The van der Waals surface area contributed by atoms with Crippen LogP contribution in [0.1, 0.15) is 11.1 Å². The van der Waals surface area contributed by atoms with Crippen LogP contribution in [0, 0.1) is 0 Å². The summed E-state index contributed by atoms with van der Waals surface area (Å²) in [7, 11) is 0. The van der Waals surface area contributed by atoms with Crippen LogP contribution in [0.4, 0.5) is 0 Å². The summed E-state index contributed by atoms with van der Waals surface area (Å²) in [5.41, 5.74) is 9.10. The van der Waals surface area contributed by atoms with Crippen molar-refractivity contribution < 1.29 is 9.47 Å². The van der Waals surface area contributed by atoms with Gasteiger partial charge in [-0.2, -0.15) is 0 Å². The Morgan fingerprint density at radius 1 is 0.286 bits per heavy atom. The maximum absolute atomic E-state index is 6.72. The Labute approximate surface area is 326 Å². The first kappa shape index (κ1) is 33.4. The highest BCUT2D eigenvalue weighted by molar-refractivity contribution is 6.09. The standard InChI is InChI=1S/C54H38O2/c1-5-23-45-39(15-1)19-11-27-49(45)53-47-25-7-3-17-41(47)29-31-51(53)55-35-37-13-9-21-43(33-37)44-22-10-14-38(34-44)36-56-52-32-30-42-18-4-8-26-48(42)54(52)50-28-12-20-40-16-2-6-24-46(40)50/h1-34H,35-36H2. The molecule has 0 atom stereocenters. The molecule has 0 aliphatic heterocycles. The van der Waals surface area contributed by atoms with Crippen molar-refractivity contribution in [2.24, 2.45) is 0 Å². The molecule has 0 saturated heterocycles. The minimum Gasteiger partial charge on any atom is -0.488 e. The molecule has 266 valence electrons. The molecule has 0 unspecified atom stereocenters. The van der Waals surface area contributed by atoms with Gasteiger partial charge in [-0.15, -0.1) is 0 Å². The molecule has 56 heavy (non-hydrogen) atoms. The molecule has 0 bridgehead atoms. The highest BCUT2D eigenvalue weighted by Crippen LogP contribution is 2.42. The summed E-state index contributed by atoms with van der Waals surface area (Å²) in [6.07, 6.45) is 0. The van der Waals surface area contributed by atoms with Crippen LogP contribution in [0.2, 0.25) is 0 Å². The number of ether oxygens (including phenoxy) is 2. The Balaban J connectivity index is 0.932. The number of rotatable bonds is 9. The highest BCUT2D eigenvalue weighted by atomic mass is 16.5. The maximum Gasteiger partial charge on any atom is 0.128 e. The Kier molecular flexibility index (Phi) is 8.70. The topological polar surface area (TPSA) is 18.5 Å². The van der Waals surface area contributed by atoms with Gasteiger partial charge < -0.3 is 9.47 Å². The lowest BCUT2D eigenvalue weighted by molar-refractivity contribution is 0.308. The Hall–Kier alpha value is -7.16. The average molecular weight is 719 g/mol. The minimum absolute atomic E-state index is 0.450. The predicted octanol–water partition coefficient (Wildman–Crippen LogP) is 14.5. The third-order valence-corrected chi connectivity index (χ3v) is 10.9. The summed E-state index contributed by atoms with van der Waals surface area (Å²) in [6.45, 7) is 0.900. The molecule has 0 amide bonds. The second-order valence-corrected chi connectivity index (χ2v) is 14.4. The number of hydrogen-bond donors (Lipinski definition) is 0. The number of benzene rings is 10. The first-order chi connectivity index (χ1) is 27.8. The second-order valence-electron chi connectivity index (χ2n) is 14.4. The van der Waals surface area contributed by atoms with E-state index in [1.54, 1.807) is 0 Å². The maximum atomic E-state index is 6.72. The molecule has 0 radical (unpaired) electrons. The Morgan fingerprint density at radius 2 is 0.643 bits per heavy atom. The fourth-order valence-electron chi connectivity index (χ4n) is 8.19. The van der Waals surface area contributed by atoms with Crippen molar-refractivity contribution in [3.8, 4) is 44.9 Å². The fourth-order valence-corrected chi connectivity index (χ4v) is 8.19. The highest BCUT2D eigenvalue weighted by Gasteiger charge is 2.16. The summed E-state index contributed by atoms with van der Waals surface area (Å²) >= 11 is 0. The van der Waals surface area contributed by atoms with Crippen molar-refractivity contribution in [1.29, 1.82) is 0 Å². The first-order valence-corrected chi connectivity index (χ1v) is 19.2. The molecule has 10 aromatic carbocycles. The molecule has 0 saturated carbocycles. The smallest absolute Gasteiger partial charge is 0.128 e. The molecule has 0 aliphatic rings. The number of fused-ring (bicyclic) bond motifs is 4. The molecule has 10 aromatic rings. The molecule has 2 heteroatoms. The van der Waals surface area contributed by atoms with Gasteiger partial charge in [0.15, 0.2) is 0 Å². The van der Waals surface area contributed by atoms with Gasteiger partial charge in [0.05, 0.1) is 0 Å². The first-order valence-electron chi connectivity index (χ1n) is 19.2. The van der Waals surface area contributed by atoms with E-state index in [9.17, 15) is 0 Å². The van der Waals surface area contributed by atoms with Crippen LogP contribution in [0.15, 0.2) is 206 Å². The molecule has 2 nitrogen and oxygen atoms in total. The summed E-state index contributed by atoms with van der Waals surface area (Å²) in [6, 6.07) is 73.2. The molecular weight excluding hydrogens is 681 g/mol. The van der Waals surface area contributed by atoms with Crippen LogP contribution < -0.4 is 9.47 Å². The third-order valence-electron chi connectivity index (χ3n) is 10.9. The molecule has 0 aliphatic carbocycles. The quantitative estimate of drug-likeness (QED) is 0.148. The van der Waals surface area contributed by atoms with Crippen LogP contribution in [-0.4, -0.2) is 0 Å². The van der Waals surface area contributed by atoms with Gasteiger partial charge in [-0.05, 0) is 101 Å². The van der Waals surface area contributed by atoms with Crippen molar-refractivity contribution in [1.82, 2.24) is 0 Å². The second kappa shape index (κ2) is 14.6. The van der Waals surface area contributed by atoms with E-state index in [-0.39, 0.29) is 0 Å². The zero-order chi connectivity index (χ0) is 37.3. The fraction of sp³-hybridized carbons (Fsp3) is 0.0370. The summed E-state index contributed by atoms with van der Waals surface area (Å²) in [4.78, 5) is 0. The van der Waals surface area contributed by atoms with Crippen molar-refractivity contribution >= 4 is 43.1 Å². The van der Waals surface area contributed by atoms with Gasteiger partial charge in [0.1, 0.15) is 24.7 Å². The van der Waals surface area contributed by atoms with E-state index in [0.29, 0.717) is 13.2 Å². The van der Waals surface area contributed by atoms with Gasteiger partial charge in [-0.3, -0.25) is 0 Å². The monoisotopic (exact) mass is 718 g/mol. The van der Waals surface area contributed by atoms with Crippen LogP contribution in [0.3, 0.4) is 0 Å². The van der Waals surface area contributed by atoms with Crippen molar-refractivity contribution in [3.63, 3.8) is 0 Å². The van der Waals surface area contributed by atoms with Crippen molar-refractivity contribution in [2.75, 3.05) is 0 Å². The molecular formula is C54H38O2. The Morgan fingerprint density at radius 3 is 1.09 bits per heavy atom. The average Bonchev–Trinajstić information content (AvgIpc) is 3.27. The van der Waals surface area contributed by atoms with E-state index in [0.717, 1.165) is 44.9 Å². The third kappa shape index (κ3) is 6.32. The Bertz CT molecular complexity index is 2830. The SMILES string of the molecule is c1cc(COc2ccc3ccccc3c2-c2cccc3ccccc23)cc(-c2cccc(COc3ccc4ccccc4c3-c3cccc4ccccc34)c2)c1. The van der Waals surface area contributed by atoms with Gasteiger partial charge in [-0.25, -0.2) is 0 Å². The lowest BCUT2D eigenvalue weighted by Gasteiger charge is -2.17. The van der Waals surface area contributed by atoms with Gasteiger partial charge in [0, 0.05) is 11.1 Å². The van der Waals surface area contributed by atoms with Crippen LogP contribution >= 0.6 is 0 Å². The van der Waals surface area contributed by atoms with E-state index in [1.807, 2.05) is 0 Å². The summed E-state index contributed by atoms with van der Waals surface area (Å²) in [5, 5.41) is 9.61. The van der Waals surface area contributed by atoms with Gasteiger partial charge in [0.2, 0.25) is 0 Å². The normalized spacial score (nSPS) is 11.4. The number of hydrogen-bond acceptors (Lipinski definition) is 2. The van der Waals surface area contributed by atoms with E-state index >= 15 is 0 Å². The van der Waals surface area contributed by atoms with Crippen LogP contribution in [0.25, 0.3) is 76.5 Å². The summed E-state index contributed by atoms with van der Waals surface area (Å²) < 4.78 is 13.4. The van der Waals surface area contributed by atoms with Gasteiger partial charge in [0.25, 0.3) is 0 Å². The lowest BCUT2D eigenvalue weighted by atomic mass is 9.93. The van der Waals surface area contributed by atoms with Crippen LogP contribution in [-0.2, 0) is 13.2 Å². The minimum atomic E-state index is 0.450. The molecule has 0 N–H and O–H groups in total. The lowest BCUT2D eigenvalue weighted by Crippen LogP contribution is -1.99. The zero-order valence-electron chi connectivity index (χ0n) is 30.9. The zero-order valence-corrected chi connectivity index (χ0v) is 30.9. The van der Waals surface area contributed by atoms with E-state index in [4.69, 9.17) is 9.47 Å². The van der Waals surface area contributed by atoms with Crippen molar-refractivity contribution in [3.05, 3.63) is 217 Å². The van der Waals surface area contributed by atoms with E-state index in [1.165, 1.54) is 54.2 Å². The molecule has 0 aromatic heterocycles. The molecule has 0 heterocycles. The van der Waals surface area contributed by atoms with E-state index < -0.39 is 0 Å². The molecule has 0 spiro atoms. The predicted molar refractivity (Wildman–Crippen MR) is 234 cm³/mol. The van der Waals surface area contributed by atoms with Gasteiger partial charge in [-0.1, -0.05) is 182 Å². The molecule has 10 rings (SSSR count). The van der Waals surface area contributed by atoms with E-state index in [2.05, 4.69) is 206 Å². The largest absolute Gasteiger partial charge is 0.488 e. The molecule has 0 fully saturated rings. The van der Waals surface area contributed by atoms with Crippen molar-refractivity contribution in [2.45, 2.75) is 13.2 Å².